The predicted octanol–water partition coefficient (Wildman–Crippen LogP) is 8.47. The summed E-state index contributed by atoms with van der Waals surface area (Å²) in [5.74, 6) is -0.0834. The molecule has 9 nitrogen and oxygen atoms in total. The second kappa shape index (κ2) is 14.0. The fourth-order valence-electron chi connectivity index (χ4n) is 7.66. The Hall–Kier alpha value is -5.85. The van der Waals surface area contributed by atoms with Gasteiger partial charge in [0.05, 0.1) is 12.1 Å². The van der Waals surface area contributed by atoms with E-state index in [1.54, 1.807) is 48.5 Å². The Labute approximate surface area is 296 Å². The molecule has 2 aliphatic rings. The number of hydrogen-bond acceptors (Lipinski definition) is 5. The molecule has 2 amide bonds. The first-order chi connectivity index (χ1) is 25.3. The van der Waals surface area contributed by atoms with Crippen molar-refractivity contribution in [1.29, 1.82) is 0 Å². The highest BCUT2D eigenvalue weighted by Crippen LogP contribution is 2.46. The molecule has 2 N–H and O–H groups in total. The summed E-state index contributed by atoms with van der Waals surface area (Å²) < 4.78 is 55.8. The minimum atomic E-state index is -0.527. The summed E-state index contributed by atoms with van der Waals surface area (Å²) in [5, 5.41) is 17.7. The van der Waals surface area contributed by atoms with Crippen molar-refractivity contribution in [2.24, 2.45) is 0 Å². The maximum atomic E-state index is 15.1. The van der Waals surface area contributed by atoms with Gasteiger partial charge in [0.25, 0.3) is 0 Å². The minimum Gasteiger partial charge on any atom is -0.325 e. The maximum Gasteiger partial charge on any atom is 0.321 e. The average Bonchev–Trinajstić information content (AvgIpc) is 3.87. The Morgan fingerprint density at radius 2 is 0.865 bits per heavy atom. The molecule has 0 radical (unpaired) electrons. The second-order valence-corrected chi connectivity index (χ2v) is 13.3. The first-order valence-electron chi connectivity index (χ1n) is 17.3. The number of carbonyl (C=O) groups is 1. The Morgan fingerprint density at radius 1 is 0.519 bits per heavy atom. The molecule has 4 unspecified atom stereocenters. The van der Waals surface area contributed by atoms with Crippen molar-refractivity contribution in [3.8, 4) is 22.8 Å². The Bertz CT molecular complexity index is 2000. The van der Waals surface area contributed by atoms with Crippen LogP contribution in [0.3, 0.4) is 0 Å². The SMILES string of the molecule is O=C(N1CCCC(c2nnc(-c3ccc(F)cc3)[nH]2)C1c1ccc(F)cc1)N1CCCC(c2nnc(-c3ccc(F)cc3)[nH]2)C1c1ccc(F)cc1. The van der Waals surface area contributed by atoms with Gasteiger partial charge in [-0.05, 0) is 110 Å². The summed E-state index contributed by atoms with van der Waals surface area (Å²) in [6, 6.07) is 22.9. The molecule has 52 heavy (non-hydrogen) atoms. The zero-order valence-electron chi connectivity index (χ0n) is 27.9. The fraction of sp³-hybridized carbons (Fsp3) is 0.256. The van der Waals surface area contributed by atoms with Gasteiger partial charge in [0.15, 0.2) is 11.6 Å². The van der Waals surface area contributed by atoms with Crippen LogP contribution >= 0.6 is 0 Å². The molecule has 0 bridgehead atoms. The number of H-pyrrole nitrogens is 2. The monoisotopic (exact) mass is 706 g/mol. The van der Waals surface area contributed by atoms with E-state index in [0.717, 1.165) is 11.1 Å². The van der Waals surface area contributed by atoms with Gasteiger partial charge in [-0.3, -0.25) is 0 Å². The van der Waals surface area contributed by atoms with Gasteiger partial charge in [0.2, 0.25) is 0 Å². The van der Waals surface area contributed by atoms with Gasteiger partial charge in [-0.15, -0.1) is 20.4 Å². The number of nitrogens with zero attached hydrogens (tertiary/aromatic N) is 6. The Morgan fingerprint density at radius 3 is 1.23 bits per heavy atom. The second-order valence-electron chi connectivity index (χ2n) is 13.3. The minimum absolute atomic E-state index is 0.227. The molecular formula is C39H34F4N8O. The van der Waals surface area contributed by atoms with E-state index in [9.17, 15) is 17.6 Å². The van der Waals surface area contributed by atoms with Crippen LogP contribution in [0.25, 0.3) is 22.8 Å². The molecule has 2 aromatic heterocycles. The van der Waals surface area contributed by atoms with E-state index in [0.29, 0.717) is 73.2 Å². The van der Waals surface area contributed by atoms with Crippen LogP contribution in [-0.2, 0) is 0 Å². The van der Waals surface area contributed by atoms with Crippen molar-refractivity contribution in [2.45, 2.75) is 49.6 Å². The van der Waals surface area contributed by atoms with E-state index >= 15 is 4.79 Å². The predicted molar refractivity (Wildman–Crippen MR) is 185 cm³/mol. The van der Waals surface area contributed by atoms with Gasteiger partial charge in [0, 0.05) is 36.1 Å². The number of amides is 2. The Kier molecular flexibility index (Phi) is 9.00. The van der Waals surface area contributed by atoms with Crippen molar-refractivity contribution in [1.82, 2.24) is 40.2 Å². The van der Waals surface area contributed by atoms with Crippen LogP contribution in [0.15, 0.2) is 97.1 Å². The fourth-order valence-corrected chi connectivity index (χ4v) is 7.66. The van der Waals surface area contributed by atoms with Crippen LogP contribution < -0.4 is 0 Å². The number of nitrogens with one attached hydrogen (secondary N) is 2. The number of rotatable bonds is 6. The Balaban J connectivity index is 1.16. The lowest BCUT2D eigenvalue weighted by atomic mass is 9.82. The first-order valence-corrected chi connectivity index (χ1v) is 17.3. The number of likely N-dealkylation sites (tertiary alicyclic amines) is 2. The van der Waals surface area contributed by atoms with Crippen LogP contribution in [-0.4, -0.2) is 59.3 Å². The summed E-state index contributed by atoms with van der Waals surface area (Å²) >= 11 is 0. The van der Waals surface area contributed by atoms with Crippen molar-refractivity contribution in [2.75, 3.05) is 13.1 Å². The van der Waals surface area contributed by atoms with Gasteiger partial charge >= 0.3 is 6.03 Å². The number of halogens is 4. The van der Waals surface area contributed by atoms with Crippen LogP contribution in [0.4, 0.5) is 22.4 Å². The third-order valence-electron chi connectivity index (χ3n) is 10.1. The quantitative estimate of drug-likeness (QED) is 0.169. The highest BCUT2D eigenvalue weighted by Gasteiger charge is 2.44. The van der Waals surface area contributed by atoms with E-state index in [-0.39, 0.29) is 29.5 Å². The third kappa shape index (κ3) is 6.54. The number of aromatic amines is 2. The van der Waals surface area contributed by atoms with Crippen LogP contribution in [0.2, 0.25) is 0 Å². The molecule has 0 spiro atoms. The molecule has 264 valence electrons. The molecule has 0 saturated carbocycles. The molecule has 4 aromatic carbocycles. The van der Waals surface area contributed by atoms with Gasteiger partial charge in [0.1, 0.15) is 34.9 Å². The third-order valence-corrected chi connectivity index (χ3v) is 10.1. The molecule has 0 aliphatic carbocycles. The molecule has 2 fully saturated rings. The van der Waals surface area contributed by atoms with Crippen molar-refractivity contribution < 1.29 is 22.4 Å². The summed E-state index contributed by atoms with van der Waals surface area (Å²) in [4.78, 5) is 25.3. The van der Waals surface area contributed by atoms with E-state index < -0.39 is 23.7 Å². The van der Waals surface area contributed by atoms with Crippen LogP contribution in [0.1, 0.15) is 72.4 Å². The number of carbonyl (C=O) groups excluding carboxylic acids is 1. The molecular weight excluding hydrogens is 672 g/mol. The number of hydrogen-bond donors (Lipinski definition) is 2. The number of aromatic nitrogens is 6. The molecule has 6 aromatic rings. The number of urea groups is 1. The summed E-state index contributed by atoms with van der Waals surface area (Å²) in [6.07, 6.45) is 2.70. The van der Waals surface area contributed by atoms with Gasteiger partial charge < -0.3 is 19.8 Å². The highest BCUT2D eigenvalue weighted by atomic mass is 19.1. The lowest BCUT2D eigenvalue weighted by Gasteiger charge is -2.47. The van der Waals surface area contributed by atoms with Gasteiger partial charge in [-0.2, -0.15) is 0 Å². The molecule has 4 atom stereocenters. The largest absolute Gasteiger partial charge is 0.325 e. The molecule has 2 saturated heterocycles. The van der Waals surface area contributed by atoms with Gasteiger partial charge in [-0.1, -0.05) is 24.3 Å². The van der Waals surface area contributed by atoms with Crippen molar-refractivity contribution in [3.05, 3.63) is 143 Å². The van der Waals surface area contributed by atoms with Crippen molar-refractivity contribution >= 4 is 6.03 Å². The molecule has 8 rings (SSSR count). The standard InChI is InChI=1S/C39H34F4N8O/c40-27-13-5-23(6-14-27)33-31(37-44-35(46-48-37)25-9-17-29(42)18-10-25)3-1-21-50(33)39(52)51-22-2-4-32(34(51)24-7-15-28(41)16-8-24)38-45-36(47-49-38)26-11-19-30(43)20-12-26/h5-20,31-34H,1-4,21-22H2,(H,44,46,48)(H,45,47,49). The van der Waals surface area contributed by atoms with Crippen molar-refractivity contribution in [3.63, 3.8) is 0 Å². The van der Waals surface area contributed by atoms with E-state index in [2.05, 4.69) is 30.4 Å². The van der Waals surface area contributed by atoms with E-state index in [4.69, 9.17) is 0 Å². The zero-order chi connectivity index (χ0) is 35.8. The van der Waals surface area contributed by atoms with Gasteiger partial charge in [-0.25, -0.2) is 22.4 Å². The molecule has 13 heteroatoms. The maximum absolute atomic E-state index is 15.1. The van der Waals surface area contributed by atoms with Crippen LogP contribution in [0.5, 0.6) is 0 Å². The van der Waals surface area contributed by atoms with E-state index in [1.165, 1.54) is 48.5 Å². The highest BCUT2D eigenvalue weighted by molar-refractivity contribution is 5.76. The molecule has 4 heterocycles. The van der Waals surface area contributed by atoms with E-state index in [1.807, 2.05) is 9.80 Å². The molecule has 2 aliphatic heterocycles. The summed E-state index contributed by atoms with van der Waals surface area (Å²) in [5.41, 5.74) is 2.81. The zero-order valence-corrected chi connectivity index (χ0v) is 27.9. The summed E-state index contributed by atoms with van der Waals surface area (Å²) in [6.45, 7) is 0.870. The lowest BCUT2D eigenvalue weighted by Crippen LogP contribution is -2.52. The lowest BCUT2D eigenvalue weighted by molar-refractivity contribution is 0.0714. The number of benzene rings is 4. The normalized spacial score (nSPS) is 20.6. The smallest absolute Gasteiger partial charge is 0.321 e. The average molecular weight is 707 g/mol. The van der Waals surface area contributed by atoms with Crippen LogP contribution in [0, 0.1) is 23.3 Å². The first kappa shape index (κ1) is 33.3. The topological polar surface area (TPSA) is 107 Å². The number of piperidine rings is 2. The summed E-state index contributed by atoms with van der Waals surface area (Å²) in [7, 11) is 0.